The number of hydrogen-bond donors (Lipinski definition) is 2. The van der Waals surface area contributed by atoms with Gasteiger partial charge in [-0.15, -0.1) is 5.10 Å². The maximum absolute atomic E-state index is 12.5. The minimum atomic E-state index is -0.188. The van der Waals surface area contributed by atoms with Gasteiger partial charge >= 0.3 is 0 Å². The predicted molar refractivity (Wildman–Crippen MR) is 82.9 cm³/mol. The molecular weight excluding hydrogens is 296 g/mol. The van der Waals surface area contributed by atoms with E-state index in [1.54, 1.807) is 4.68 Å². The van der Waals surface area contributed by atoms with Crippen LogP contribution in [0.15, 0.2) is 0 Å². The highest BCUT2D eigenvalue weighted by Crippen LogP contribution is 2.30. The van der Waals surface area contributed by atoms with Gasteiger partial charge in [0.15, 0.2) is 5.69 Å². The summed E-state index contributed by atoms with van der Waals surface area (Å²) in [4.78, 5) is 12.5. The molecule has 1 amide bonds. The molecular formula is C15H22N6O2. The molecule has 2 atom stereocenters. The normalized spacial score (nSPS) is 20.3. The maximum Gasteiger partial charge on any atom is 0.272 e. The first-order chi connectivity index (χ1) is 11.0. The third kappa shape index (κ3) is 2.86. The molecule has 0 spiro atoms. The second-order valence-electron chi connectivity index (χ2n) is 5.88. The zero-order chi connectivity index (χ0) is 16.6. The van der Waals surface area contributed by atoms with Gasteiger partial charge in [-0.05, 0) is 27.7 Å². The molecule has 1 aliphatic rings. The number of H-pyrrole nitrogens is 1. The molecule has 0 radical (unpaired) electrons. The van der Waals surface area contributed by atoms with Crippen LogP contribution in [0.3, 0.4) is 0 Å². The van der Waals surface area contributed by atoms with Crippen molar-refractivity contribution in [3.05, 3.63) is 28.3 Å². The van der Waals surface area contributed by atoms with Gasteiger partial charge < -0.3 is 10.1 Å². The van der Waals surface area contributed by atoms with Crippen molar-refractivity contribution in [2.45, 2.75) is 59.4 Å². The summed E-state index contributed by atoms with van der Waals surface area (Å²) < 4.78 is 7.53. The SMILES string of the molecule is CCn1nnc(C)c1CNC(=O)c1n[nH]c2c1C[C@H](C)O[C@@H]2C. The lowest BCUT2D eigenvalue weighted by Crippen LogP contribution is -2.28. The Morgan fingerprint density at radius 1 is 1.48 bits per heavy atom. The highest BCUT2D eigenvalue weighted by Gasteiger charge is 2.29. The number of aromatic nitrogens is 5. The molecule has 23 heavy (non-hydrogen) atoms. The van der Waals surface area contributed by atoms with Gasteiger partial charge in [0.25, 0.3) is 5.91 Å². The minimum Gasteiger partial charge on any atom is -0.369 e. The van der Waals surface area contributed by atoms with E-state index in [9.17, 15) is 4.79 Å². The third-order valence-corrected chi connectivity index (χ3v) is 4.20. The van der Waals surface area contributed by atoms with Crippen LogP contribution in [0.25, 0.3) is 0 Å². The summed E-state index contributed by atoms with van der Waals surface area (Å²) >= 11 is 0. The fraction of sp³-hybridized carbons (Fsp3) is 0.600. The van der Waals surface area contributed by atoms with Crippen LogP contribution >= 0.6 is 0 Å². The maximum atomic E-state index is 12.5. The molecule has 3 heterocycles. The Morgan fingerprint density at radius 3 is 3.00 bits per heavy atom. The number of nitrogens with one attached hydrogen (secondary N) is 2. The predicted octanol–water partition coefficient (Wildman–Crippen LogP) is 1.28. The summed E-state index contributed by atoms with van der Waals surface area (Å²) in [6.45, 7) is 8.95. The van der Waals surface area contributed by atoms with Gasteiger partial charge in [0.2, 0.25) is 0 Å². The van der Waals surface area contributed by atoms with Crippen molar-refractivity contribution >= 4 is 5.91 Å². The molecule has 1 aliphatic heterocycles. The fourth-order valence-corrected chi connectivity index (χ4v) is 3.00. The monoisotopic (exact) mass is 318 g/mol. The summed E-state index contributed by atoms with van der Waals surface area (Å²) in [5.41, 5.74) is 4.04. The van der Waals surface area contributed by atoms with Gasteiger partial charge in [-0.1, -0.05) is 5.21 Å². The summed E-state index contributed by atoms with van der Waals surface area (Å²) in [5.74, 6) is -0.188. The first-order valence-electron chi connectivity index (χ1n) is 7.91. The van der Waals surface area contributed by atoms with Crippen LogP contribution in [0.1, 0.15) is 60.0 Å². The molecule has 0 fully saturated rings. The molecule has 2 aromatic heterocycles. The molecule has 2 N–H and O–H groups in total. The summed E-state index contributed by atoms with van der Waals surface area (Å²) in [6, 6.07) is 0. The van der Waals surface area contributed by atoms with Gasteiger partial charge in [-0.25, -0.2) is 4.68 Å². The second kappa shape index (κ2) is 6.11. The molecule has 0 aliphatic carbocycles. The Hall–Kier alpha value is -2.22. The number of carbonyl (C=O) groups is 1. The van der Waals surface area contributed by atoms with Crippen molar-refractivity contribution in [1.29, 1.82) is 0 Å². The molecule has 0 saturated heterocycles. The van der Waals surface area contributed by atoms with Crippen LogP contribution < -0.4 is 5.32 Å². The van der Waals surface area contributed by atoms with Crippen molar-refractivity contribution < 1.29 is 9.53 Å². The number of hydrogen-bond acceptors (Lipinski definition) is 5. The standard InChI is InChI=1S/C15H22N6O2/c1-5-21-12(9(3)17-20-21)7-16-15(22)14-11-6-8(2)23-10(4)13(11)18-19-14/h8,10H,5-7H2,1-4H3,(H,16,22)(H,18,19)/t8-,10+/m0/s1. The summed E-state index contributed by atoms with van der Waals surface area (Å²) in [5, 5.41) is 18.1. The number of aromatic amines is 1. The van der Waals surface area contributed by atoms with Crippen molar-refractivity contribution in [1.82, 2.24) is 30.5 Å². The highest BCUT2D eigenvalue weighted by molar-refractivity contribution is 5.94. The molecule has 2 aromatic rings. The Labute approximate surface area is 134 Å². The van der Waals surface area contributed by atoms with Gasteiger partial charge in [-0.3, -0.25) is 9.89 Å². The average Bonchev–Trinajstić information content (AvgIpc) is 3.08. The van der Waals surface area contributed by atoms with Crippen molar-refractivity contribution in [3.8, 4) is 0 Å². The lowest BCUT2D eigenvalue weighted by molar-refractivity contribution is -0.00697. The fourth-order valence-electron chi connectivity index (χ4n) is 3.00. The quantitative estimate of drug-likeness (QED) is 0.885. The summed E-state index contributed by atoms with van der Waals surface area (Å²) in [6.07, 6.45) is 0.692. The van der Waals surface area contributed by atoms with Gasteiger partial charge in [-0.2, -0.15) is 5.10 Å². The summed E-state index contributed by atoms with van der Waals surface area (Å²) in [7, 11) is 0. The van der Waals surface area contributed by atoms with E-state index >= 15 is 0 Å². The number of rotatable bonds is 4. The number of nitrogens with zero attached hydrogens (tertiary/aromatic N) is 4. The van der Waals surface area contributed by atoms with Crippen LogP contribution in [-0.2, 0) is 24.2 Å². The van der Waals surface area contributed by atoms with E-state index in [0.717, 1.165) is 29.2 Å². The van der Waals surface area contributed by atoms with E-state index in [4.69, 9.17) is 4.74 Å². The molecule has 3 rings (SSSR count). The highest BCUT2D eigenvalue weighted by atomic mass is 16.5. The second-order valence-corrected chi connectivity index (χ2v) is 5.88. The first-order valence-corrected chi connectivity index (χ1v) is 7.91. The van der Waals surface area contributed by atoms with Crippen molar-refractivity contribution in [2.75, 3.05) is 0 Å². The molecule has 0 aromatic carbocycles. The van der Waals surface area contributed by atoms with E-state index in [-0.39, 0.29) is 18.1 Å². The number of fused-ring (bicyclic) bond motifs is 1. The first kappa shape index (κ1) is 15.7. The van der Waals surface area contributed by atoms with E-state index < -0.39 is 0 Å². The third-order valence-electron chi connectivity index (χ3n) is 4.20. The number of carbonyl (C=O) groups excluding carboxylic acids is 1. The zero-order valence-corrected chi connectivity index (χ0v) is 13.9. The molecule has 0 unspecified atom stereocenters. The van der Waals surface area contributed by atoms with Crippen molar-refractivity contribution in [3.63, 3.8) is 0 Å². The van der Waals surface area contributed by atoms with E-state index in [2.05, 4.69) is 25.8 Å². The molecule has 0 bridgehead atoms. The lowest BCUT2D eigenvalue weighted by Gasteiger charge is -2.25. The topological polar surface area (TPSA) is 97.7 Å². The molecule has 0 saturated carbocycles. The molecule has 124 valence electrons. The Kier molecular flexibility index (Phi) is 4.16. The minimum absolute atomic E-state index is 0.0734. The van der Waals surface area contributed by atoms with E-state index in [1.807, 2.05) is 27.7 Å². The number of amides is 1. The zero-order valence-electron chi connectivity index (χ0n) is 13.9. The van der Waals surface area contributed by atoms with Crippen molar-refractivity contribution in [2.24, 2.45) is 0 Å². The van der Waals surface area contributed by atoms with Crippen LogP contribution in [0, 0.1) is 6.92 Å². The number of ether oxygens (including phenoxy) is 1. The van der Waals surface area contributed by atoms with Crippen LogP contribution in [0.4, 0.5) is 0 Å². The number of aryl methyl sites for hydroxylation is 2. The Morgan fingerprint density at radius 2 is 2.26 bits per heavy atom. The van der Waals surface area contributed by atoms with Crippen LogP contribution in [0.2, 0.25) is 0 Å². The van der Waals surface area contributed by atoms with Crippen LogP contribution in [-0.4, -0.2) is 37.2 Å². The Balaban J connectivity index is 1.76. The van der Waals surface area contributed by atoms with E-state index in [1.165, 1.54) is 0 Å². The van der Waals surface area contributed by atoms with Gasteiger partial charge in [0, 0.05) is 18.5 Å². The van der Waals surface area contributed by atoms with E-state index in [0.29, 0.717) is 18.7 Å². The lowest BCUT2D eigenvalue weighted by atomic mass is 9.99. The largest absolute Gasteiger partial charge is 0.369 e. The molecule has 8 nitrogen and oxygen atoms in total. The van der Waals surface area contributed by atoms with Gasteiger partial charge in [0.1, 0.15) is 0 Å². The van der Waals surface area contributed by atoms with Gasteiger partial charge in [0.05, 0.1) is 35.8 Å². The van der Waals surface area contributed by atoms with Crippen LogP contribution in [0.5, 0.6) is 0 Å². The average molecular weight is 318 g/mol. The molecule has 8 heteroatoms. The Bertz CT molecular complexity index is 720. The smallest absolute Gasteiger partial charge is 0.272 e.